The van der Waals surface area contributed by atoms with Crippen molar-refractivity contribution in [3.63, 3.8) is 0 Å². The first-order valence-corrected chi connectivity index (χ1v) is 8.33. The number of terminal acetylenes is 1. The highest BCUT2D eigenvalue weighted by molar-refractivity contribution is 5.91. The van der Waals surface area contributed by atoms with Gasteiger partial charge in [-0.2, -0.15) is 0 Å². The molecule has 1 atom stereocenters. The number of pyridine rings is 1. The van der Waals surface area contributed by atoms with E-state index in [0.717, 1.165) is 6.07 Å². The second-order valence-corrected chi connectivity index (χ2v) is 6.09. The lowest BCUT2D eigenvalue weighted by Crippen LogP contribution is -2.24. The number of halogens is 2. The minimum absolute atomic E-state index is 0.00778. The lowest BCUT2D eigenvalue weighted by Gasteiger charge is -2.09. The molecule has 6 nitrogen and oxygen atoms in total. The summed E-state index contributed by atoms with van der Waals surface area (Å²) in [6.45, 7) is 0.694. The van der Waals surface area contributed by atoms with Crippen LogP contribution in [-0.2, 0) is 4.79 Å². The Balaban J connectivity index is 0.000000292. The first-order chi connectivity index (χ1) is 13.2. The Labute approximate surface area is 161 Å². The van der Waals surface area contributed by atoms with Crippen molar-refractivity contribution in [3.8, 4) is 23.6 Å². The van der Waals surface area contributed by atoms with Crippen LogP contribution < -0.4 is 5.73 Å². The van der Waals surface area contributed by atoms with E-state index in [1.54, 1.807) is 31.3 Å². The lowest BCUT2D eigenvalue weighted by atomic mass is 10.0. The van der Waals surface area contributed by atoms with E-state index in [9.17, 15) is 18.4 Å². The monoisotopic (exact) mass is 387 g/mol. The minimum atomic E-state index is -2.71. The van der Waals surface area contributed by atoms with Crippen molar-refractivity contribution in [2.75, 3.05) is 13.6 Å². The molecule has 0 spiro atoms. The summed E-state index contributed by atoms with van der Waals surface area (Å²) in [4.78, 5) is 27.2. The number of aliphatic hydroxyl groups is 1. The third-order valence-corrected chi connectivity index (χ3v) is 4.12. The zero-order valence-electron chi connectivity index (χ0n) is 15.1. The SMILES string of the molecule is C#Cc1cccc(-c2nc(C(N)=O)ccc2C(F)F)c1.CN1CC[C@H](O)C1=O. The Hall–Kier alpha value is -3.31. The Bertz CT molecular complexity index is 913. The van der Waals surface area contributed by atoms with Gasteiger partial charge in [0.05, 0.1) is 5.69 Å². The van der Waals surface area contributed by atoms with Crippen LogP contribution in [0, 0.1) is 12.3 Å². The van der Waals surface area contributed by atoms with Crippen molar-refractivity contribution in [3.05, 3.63) is 53.2 Å². The van der Waals surface area contributed by atoms with E-state index in [4.69, 9.17) is 17.3 Å². The van der Waals surface area contributed by atoms with Gasteiger partial charge in [-0.15, -0.1) is 6.42 Å². The van der Waals surface area contributed by atoms with Gasteiger partial charge in [0.1, 0.15) is 11.8 Å². The van der Waals surface area contributed by atoms with Gasteiger partial charge in [-0.25, -0.2) is 13.8 Å². The number of likely N-dealkylation sites (N-methyl/N-ethyl adjacent to an activating group) is 1. The van der Waals surface area contributed by atoms with Gasteiger partial charge < -0.3 is 15.7 Å². The van der Waals surface area contributed by atoms with Crippen molar-refractivity contribution in [2.45, 2.75) is 19.0 Å². The third kappa shape index (κ3) is 4.90. The van der Waals surface area contributed by atoms with Crippen LogP contribution >= 0.6 is 0 Å². The van der Waals surface area contributed by atoms with E-state index in [-0.39, 0.29) is 22.9 Å². The van der Waals surface area contributed by atoms with Crippen LogP contribution in [0.15, 0.2) is 36.4 Å². The number of carbonyl (C=O) groups is 2. The molecule has 1 aliphatic rings. The molecule has 1 aromatic carbocycles. The number of alkyl halides is 2. The Morgan fingerprint density at radius 2 is 2.11 bits per heavy atom. The Kier molecular flexibility index (Phi) is 6.79. The van der Waals surface area contributed by atoms with Crippen LogP contribution in [0.2, 0.25) is 0 Å². The fraction of sp³-hybridized carbons (Fsp3) is 0.250. The zero-order chi connectivity index (χ0) is 20.8. The van der Waals surface area contributed by atoms with E-state index in [1.165, 1.54) is 11.0 Å². The summed E-state index contributed by atoms with van der Waals surface area (Å²) in [7, 11) is 1.69. The van der Waals surface area contributed by atoms with E-state index in [2.05, 4.69) is 10.9 Å². The number of nitrogens with two attached hydrogens (primary N) is 1. The van der Waals surface area contributed by atoms with Gasteiger partial charge in [-0.05, 0) is 30.7 Å². The van der Waals surface area contributed by atoms with Crippen LogP contribution in [0.5, 0.6) is 0 Å². The summed E-state index contributed by atoms with van der Waals surface area (Å²) in [5, 5.41) is 8.78. The van der Waals surface area contributed by atoms with E-state index < -0.39 is 18.4 Å². The summed E-state index contributed by atoms with van der Waals surface area (Å²) in [6.07, 6.45) is 2.44. The van der Waals surface area contributed by atoms with E-state index >= 15 is 0 Å². The van der Waals surface area contributed by atoms with Gasteiger partial charge in [0.2, 0.25) is 0 Å². The maximum absolute atomic E-state index is 13.0. The van der Waals surface area contributed by atoms with Gasteiger partial charge in [-0.3, -0.25) is 9.59 Å². The smallest absolute Gasteiger partial charge is 0.267 e. The highest BCUT2D eigenvalue weighted by Gasteiger charge is 2.26. The van der Waals surface area contributed by atoms with E-state index in [0.29, 0.717) is 24.1 Å². The zero-order valence-corrected chi connectivity index (χ0v) is 15.1. The largest absolute Gasteiger partial charge is 0.383 e. The Morgan fingerprint density at radius 1 is 1.39 bits per heavy atom. The fourth-order valence-corrected chi connectivity index (χ4v) is 2.57. The van der Waals surface area contributed by atoms with Crippen molar-refractivity contribution in [1.82, 2.24) is 9.88 Å². The van der Waals surface area contributed by atoms with Gasteiger partial charge in [0, 0.05) is 30.3 Å². The number of likely N-dealkylation sites (tertiary alicyclic amines) is 1. The van der Waals surface area contributed by atoms with Gasteiger partial charge in [-0.1, -0.05) is 18.1 Å². The molecule has 1 fully saturated rings. The van der Waals surface area contributed by atoms with Gasteiger partial charge in [0.15, 0.2) is 0 Å². The highest BCUT2D eigenvalue weighted by Crippen LogP contribution is 2.30. The summed E-state index contributed by atoms with van der Waals surface area (Å²) >= 11 is 0. The van der Waals surface area contributed by atoms with E-state index in [1.807, 2.05) is 0 Å². The first-order valence-electron chi connectivity index (χ1n) is 8.33. The molecule has 0 bridgehead atoms. The van der Waals surface area contributed by atoms with Gasteiger partial charge >= 0.3 is 0 Å². The molecule has 2 amide bonds. The molecular formula is C20H19F2N3O3. The summed E-state index contributed by atoms with van der Waals surface area (Å²) < 4.78 is 26.1. The standard InChI is InChI=1S/C15H10F2N2O.C5H9NO2/c1-2-9-4-3-5-10(8-9)13-11(14(16)17)6-7-12(19-13)15(18)20;1-6-3-2-4(7)5(6)8/h1,3-8,14H,(H2,18,20);4,7H,2-3H2,1H3/t;4-/m.0/s1. The number of aliphatic hydroxyl groups excluding tert-OH is 1. The summed E-state index contributed by atoms with van der Waals surface area (Å²) in [6, 6.07) is 8.79. The number of benzene rings is 1. The molecule has 0 unspecified atom stereocenters. The number of rotatable bonds is 3. The van der Waals surface area contributed by atoms with Crippen LogP contribution in [0.3, 0.4) is 0 Å². The molecular weight excluding hydrogens is 368 g/mol. The van der Waals surface area contributed by atoms with Crippen molar-refractivity contribution in [1.29, 1.82) is 0 Å². The molecule has 2 aromatic rings. The molecule has 8 heteroatoms. The van der Waals surface area contributed by atoms with Crippen LogP contribution in [0.4, 0.5) is 8.78 Å². The quantitative estimate of drug-likeness (QED) is 0.787. The number of carbonyl (C=O) groups excluding carboxylic acids is 2. The first kappa shape index (κ1) is 21.0. The summed E-state index contributed by atoms with van der Waals surface area (Å²) in [5.41, 5.74) is 5.73. The number of hydrogen-bond acceptors (Lipinski definition) is 4. The molecule has 3 rings (SSSR count). The van der Waals surface area contributed by atoms with Crippen molar-refractivity contribution >= 4 is 11.8 Å². The van der Waals surface area contributed by atoms with Crippen LogP contribution in [-0.4, -0.2) is 46.5 Å². The molecule has 0 radical (unpaired) electrons. The second-order valence-electron chi connectivity index (χ2n) is 6.09. The maximum Gasteiger partial charge on any atom is 0.267 e. The number of primary amides is 1. The average molecular weight is 387 g/mol. The predicted octanol–water partition coefficient (Wildman–Crippen LogP) is 1.98. The lowest BCUT2D eigenvalue weighted by molar-refractivity contribution is -0.133. The molecule has 0 saturated carbocycles. The molecule has 3 N–H and O–H groups in total. The van der Waals surface area contributed by atoms with Crippen LogP contribution in [0.1, 0.15) is 34.5 Å². The average Bonchev–Trinajstić information content (AvgIpc) is 2.98. The molecule has 1 aliphatic heterocycles. The highest BCUT2D eigenvalue weighted by atomic mass is 19.3. The normalized spacial score (nSPS) is 15.8. The van der Waals surface area contributed by atoms with Crippen molar-refractivity contribution < 1.29 is 23.5 Å². The Morgan fingerprint density at radius 3 is 2.57 bits per heavy atom. The molecule has 2 heterocycles. The fourth-order valence-electron chi connectivity index (χ4n) is 2.57. The van der Waals surface area contributed by atoms with Crippen molar-refractivity contribution in [2.24, 2.45) is 5.73 Å². The number of nitrogens with zero attached hydrogens (tertiary/aromatic N) is 2. The molecule has 0 aliphatic carbocycles. The predicted molar refractivity (Wildman–Crippen MR) is 99.3 cm³/mol. The summed E-state index contributed by atoms with van der Waals surface area (Å²) in [5.74, 6) is 1.49. The molecule has 146 valence electrons. The molecule has 28 heavy (non-hydrogen) atoms. The molecule has 1 aromatic heterocycles. The maximum atomic E-state index is 13.0. The number of amides is 2. The number of aromatic nitrogens is 1. The third-order valence-electron chi connectivity index (χ3n) is 4.12. The number of hydrogen-bond donors (Lipinski definition) is 2. The topological polar surface area (TPSA) is 96.5 Å². The molecule has 1 saturated heterocycles. The second kappa shape index (κ2) is 9.06. The minimum Gasteiger partial charge on any atom is -0.383 e. The van der Waals surface area contributed by atoms with Gasteiger partial charge in [0.25, 0.3) is 18.2 Å². The van der Waals surface area contributed by atoms with Crippen LogP contribution in [0.25, 0.3) is 11.3 Å².